The molecule has 1 aromatic rings. The highest BCUT2D eigenvalue weighted by molar-refractivity contribution is 9.10. The van der Waals surface area contributed by atoms with E-state index in [0.717, 1.165) is 6.07 Å². The van der Waals surface area contributed by atoms with Crippen LogP contribution in [0.5, 0.6) is 5.75 Å². The van der Waals surface area contributed by atoms with Crippen molar-refractivity contribution in [1.29, 1.82) is 0 Å². The van der Waals surface area contributed by atoms with Gasteiger partial charge in [-0.2, -0.15) is 0 Å². The molecule has 0 spiro atoms. The minimum Gasteiger partial charge on any atom is -0.405 e. The Kier molecular flexibility index (Phi) is 5.27. The summed E-state index contributed by atoms with van der Waals surface area (Å²) in [6.07, 6.45) is -7.84. The Balaban J connectivity index is 3.11. The van der Waals surface area contributed by atoms with Crippen molar-refractivity contribution in [3.05, 3.63) is 28.2 Å². The average Bonchev–Trinajstić information content (AvgIpc) is 2.25. The number of rotatable bonds is 4. The molecule has 0 radical (unpaired) electrons. The van der Waals surface area contributed by atoms with Crippen LogP contribution in [-0.2, 0) is 0 Å². The van der Waals surface area contributed by atoms with E-state index < -0.39 is 24.3 Å². The van der Waals surface area contributed by atoms with E-state index in [1.807, 2.05) is 0 Å². The third kappa shape index (κ3) is 4.31. The first kappa shape index (κ1) is 15.6. The first-order chi connectivity index (χ1) is 8.24. The zero-order chi connectivity index (χ0) is 13.9. The summed E-state index contributed by atoms with van der Waals surface area (Å²) in [5.74, 6) is -0.906. The van der Waals surface area contributed by atoms with Crippen molar-refractivity contribution in [3.63, 3.8) is 0 Å². The molecule has 0 saturated heterocycles. The minimum absolute atomic E-state index is 0.191. The molecule has 0 aliphatic carbocycles. The summed E-state index contributed by atoms with van der Waals surface area (Å²) in [5, 5.41) is 19.0. The van der Waals surface area contributed by atoms with E-state index >= 15 is 0 Å². The molecule has 0 bridgehead atoms. The summed E-state index contributed by atoms with van der Waals surface area (Å²) in [6, 6.07) is 3.68. The molecule has 0 aromatic heterocycles. The van der Waals surface area contributed by atoms with Crippen LogP contribution in [0.2, 0.25) is 0 Å². The molecule has 0 fully saturated rings. The molecular weight excluding hydrogens is 340 g/mol. The van der Waals surface area contributed by atoms with Gasteiger partial charge in [0.15, 0.2) is 0 Å². The van der Waals surface area contributed by atoms with Crippen molar-refractivity contribution >= 4 is 27.5 Å². The molecule has 0 amide bonds. The van der Waals surface area contributed by atoms with Gasteiger partial charge in [0.1, 0.15) is 11.9 Å². The predicted molar refractivity (Wildman–Crippen MR) is 62.5 cm³/mol. The Morgan fingerprint density at radius 3 is 2.44 bits per heavy atom. The van der Waals surface area contributed by atoms with Crippen LogP contribution < -0.4 is 4.74 Å². The van der Waals surface area contributed by atoms with Gasteiger partial charge in [0.05, 0.1) is 12.0 Å². The maximum absolute atomic E-state index is 12.2. The van der Waals surface area contributed by atoms with E-state index in [9.17, 15) is 23.4 Å². The van der Waals surface area contributed by atoms with E-state index in [1.54, 1.807) is 0 Å². The van der Waals surface area contributed by atoms with Gasteiger partial charge in [-0.25, -0.2) is 0 Å². The fourth-order valence-corrected chi connectivity index (χ4v) is 1.77. The second kappa shape index (κ2) is 6.10. The molecule has 0 aliphatic rings. The van der Waals surface area contributed by atoms with Crippen LogP contribution >= 0.6 is 27.5 Å². The van der Waals surface area contributed by atoms with Gasteiger partial charge in [0.25, 0.3) is 0 Å². The lowest BCUT2D eigenvalue weighted by molar-refractivity contribution is -0.275. The molecule has 8 heteroatoms. The van der Waals surface area contributed by atoms with Gasteiger partial charge in [-0.05, 0) is 12.1 Å². The Hall–Kier alpha value is -0.500. The first-order valence-corrected chi connectivity index (χ1v) is 6.04. The third-order valence-corrected chi connectivity index (χ3v) is 2.85. The maximum Gasteiger partial charge on any atom is 0.573 e. The molecule has 1 rings (SSSR count). The van der Waals surface area contributed by atoms with E-state index in [2.05, 4.69) is 20.7 Å². The number of ether oxygens (including phenoxy) is 1. The number of hydrogen-bond donors (Lipinski definition) is 2. The lowest BCUT2D eigenvalue weighted by Gasteiger charge is -2.20. The topological polar surface area (TPSA) is 49.7 Å². The number of benzene rings is 1. The molecule has 0 heterocycles. The van der Waals surface area contributed by atoms with Crippen LogP contribution in [0, 0.1) is 0 Å². The second-order valence-corrected chi connectivity index (χ2v) is 4.62. The van der Waals surface area contributed by atoms with E-state index in [0.29, 0.717) is 4.47 Å². The quantitative estimate of drug-likeness (QED) is 0.822. The third-order valence-electron chi connectivity index (χ3n) is 2.04. The van der Waals surface area contributed by atoms with E-state index in [-0.39, 0.29) is 11.4 Å². The number of aliphatic hydroxyl groups excluding tert-OH is 2. The summed E-state index contributed by atoms with van der Waals surface area (Å²) in [5.41, 5.74) is -0.191. The number of halogens is 5. The number of alkyl halides is 4. The van der Waals surface area contributed by atoms with Gasteiger partial charge in [-0.15, -0.1) is 24.8 Å². The molecule has 2 atom stereocenters. The molecule has 2 unspecified atom stereocenters. The SMILES string of the molecule is OC(CCl)C(O)c1ccc(Br)cc1OC(F)(F)F. The van der Waals surface area contributed by atoms with Gasteiger partial charge in [-0.1, -0.05) is 22.0 Å². The molecule has 0 saturated carbocycles. The second-order valence-electron chi connectivity index (χ2n) is 3.40. The molecule has 3 nitrogen and oxygen atoms in total. The molecule has 18 heavy (non-hydrogen) atoms. The normalized spacial score (nSPS) is 15.3. The van der Waals surface area contributed by atoms with Gasteiger partial charge < -0.3 is 14.9 Å². The Bertz CT molecular complexity index is 414. The highest BCUT2D eigenvalue weighted by Crippen LogP contribution is 2.34. The largest absolute Gasteiger partial charge is 0.573 e. The summed E-state index contributed by atoms with van der Waals surface area (Å²) < 4.78 is 40.7. The summed E-state index contributed by atoms with van der Waals surface area (Å²) in [7, 11) is 0. The van der Waals surface area contributed by atoms with E-state index in [4.69, 9.17) is 11.6 Å². The fourth-order valence-electron chi connectivity index (χ4n) is 1.26. The summed E-state index contributed by atoms with van der Waals surface area (Å²) in [4.78, 5) is 0. The van der Waals surface area contributed by atoms with Crippen molar-refractivity contribution in [2.24, 2.45) is 0 Å². The first-order valence-electron chi connectivity index (χ1n) is 4.72. The van der Waals surface area contributed by atoms with Crippen molar-refractivity contribution < 1.29 is 28.1 Å². The van der Waals surface area contributed by atoms with Crippen LogP contribution in [0.25, 0.3) is 0 Å². The fraction of sp³-hybridized carbons (Fsp3) is 0.400. The molecule has 2 N–H and O–H groups in total. The summed E-state index contributed by atoms with van der Waals surface area (Å²) in [6.45, 7) is 0. The van der Waals surface area contributed by atoms with Gasteiger partial charge in [0, 0.05) is 10.0 Å². The van der Waals surface area contributed by atoms with Crippen LogP contribution in [0.1, 0.15) is 11.7 Å². The van der Waals surface area contributed by atoms with Crippen LogP contribution in [-0.4, -0.2) is 28.6 Å². The molecule has 1 aromatic carbocycles. The zero-order valence-corrected chi connectivity index (χ0v) is 11.1. The number of hydrogen-bond acceptors (Lipinski definition) is 3. The average molecular weight is 350 g/mol. The Morgan fingerprint density at radius 1 is 1.33 bits per heavy atom. The minimum atomic E-state index is -4.89. The molecule has 102 valence electrons. The van der Waals surface area contributed by atoms with Crippen molar-refractivity contribution in [2.45, 2.75) is 18.6 Å². The van der Waals surface area contributed by atoms with E-state index in [1.165, 1.54) is 12.1 Å². The van der Waals surface area contributed by atoms with Gasteiger partial charge in [-0.3, -0.25) is 0 Å². The van der Waals surface area contributed by atoms with Crippen LogP contribution in [0.15, 0.2) is 22.7 Å². The van der Waals surface area contributed by atoms with Gasteiger partial charge in [0.2, 0.25) is 0 Å². The van der Waals surface area contributed by atoms with Crippen LogP contribution in [0.3, 0.4) is 0 Å². The Labute approximate surface area is 114 Å². The monoisotopic (exact) mass is 348 g/mol. The van der Waals surface area contributed by atoms with Crippen molar-refractivity contribution in [2.75, 3.05) is 5.88 Å². The number of aliphatic hydroxyl groups is 2. The highest BCUT2D eigenvalue weighted by atomic mass is 79.9. The summed E-state index contributed by atoms with van der Waals surface area (Å²) >= 11 is 8.32. The highest BCUT2D eigenvalue weighted by Gasteiger charge is 2.33. The lowest BCUT2D eigenvalue weighted by Crippen LogP contribution is -2.23. The lowest BCUT2D eigenvalue weighted by atomic mass is 10.0. The molecular formula is C10H9BrClF3O3. The smallest absolute Gasteiger partial charge is 0.405 e. The van der Waals surface area contributed by atoms with Crippen molar-refractivity contribution in [1.82, 2.24) is 0 Å². The maximum atomic E-state index is 12.2. The predicted octanol–water partition coefficient (Wildman–Crippen LogP) is 2.98. The van der Waals surface area contributed by atoms with Crippen molar-refractivity contribution in [3.8, 4) is 5.75 Å². The zero-order valence-electron chi connectivity index (χ0n) is 8.79. The molecule has 0 aliphatic heterocycles. The Morgan fingerprint density at radius 2 is 1.94 bits per heavy atom. The standard InChI is InChI=1S/C10H9BrClF3O3/c11-5-1-2-6(9(17)7(16)4-12)8(3-5)18-10(13,14)15/h1-3,7,9,16-17H,4H2. The van der Waals surface area contributed by atoms with Gasteiger partial charge >= 0.3 is 6.36 Å². The van der Waals surface area contributed by atoms with Crippen LogP contribution in [0.4, 0.5) is 13.2 Å².